The lowest BCUT2D eigenvalue weighted by molar-refractivity contribution is -0.379. The molecule has 0 aromatic carbocycles. The van der Waals surface area contributed by atoms with Crippen LogP contribution in [0.4, 0.5) is 22.6 Å². The zero-order valence-corrected chi connectivity index (χ0v) is 30.7. The molecule has 2 saturated carbocycles. The Balaban J connectivity index is 0.000000170. The van der Waals surface area contributed by atoms with E-state index in [0.717, 1.165) is 22.4 Å². The van der Waals surface area contributed by atoms with E-state index in [2.05, 4.69) is 30.8 Å². The van der Waals surface area contributed by atoms with Gasteiger partial charge in [0, 0.05) is 42.2 Å². The van der Waals surface area contributed by atoms with Crippen LogP contribution in [0.2, 0.25) is 0 Å². The fraction of sp³-hybridized carbons (Fsp3) is 0.371. The Morgan fingerprint density at radius 1 is 0.873 bits per heavy atom. The molecule has 20 heteroatoms. The molecule has 0 unspecified atom stereocenters. The van der Waals surface area contributed by atoms with Gasteiger partial charge in [0.25, 0.3) is 23.7 Å². The van der Waals surface area contributed by atoms with E-state index in [1.807, 2.05) is 24.4 Å². The van der Waals surface area contributed by atoms with Crippen LogP contribution in [-0.2, 0) is 0 Å². The summed E-state index contributed by atoms with van der Waals surface area (Å²) in [6, 6.07) is 7.25. The Labute approximate surface area is 317 Å². The van der Waals surface area contributed by atoms with Gasteiger partial charge in [0.1, 0.15) is 6.04 Å². The number of rotatable bonds is 7. The molecule has 4 N–H and O–H groups in total. The topological polar surface area (TPSA) is 188 Å². The van der Waals surface area contributed by atoms with Crippen molar-refractivity contribution in [1.29, 1.82) is 0 Å². The lowest BCUT2D eigenvalue weighted by Crippen LogP contribution is -2.59. The van der Waals surface area contributed by atoms with Crippen molar-refractivity contribution >= 4 is 50.5 Å². The van der Waals surface area contributed by atoms with Crippen LogP contribution in [0.15, 0.2) is 66.6 Å². The van der Waals surface area contributed by atoms with Gasteiger partial charge in [0.15, 0.2) is 15.7 Å². The van der Waals surface area contributed by atoms with Crippen LogP contribution < -0.4 is 16.4 Å². The number of carbonyl (C=O) groups is 2. The predicted molar refractivity (Wildman–Crippen MR) is 196 cm³/mol. The minimum atomic E-state index is -3.15. The molecule has 2 aliphatic carbocycles. The molecule has 0 bridgehead atoms. The van der Waals surface area contributed by atoms with E-state index in [4.69, 9.17) is 5.73 Å². The minimum absolute atomic E-state index is 0.0361. The lowest BCUT2D eigenvalue weighted by atomic mass is 9.83. The molecule has 6 aromatic rings. The normalized spacial score (nSPS) is 21.8. The zero-order chi connectivity index (χ0) is 39.1. The summed E-state index contributed by atoms with van der Waals surface area (Å²) in [5.41, 5.74) is 8.96. The summed E-state index contributed by atoms with van der Waals surface area (Å²) >= 11 is 1.68. The third-order valence-electron chi connectivity index (χ3n) is 9.75. The molecule has 6 aromatic heterocycles. The fourth-order valence-corrected chi connectivity index (χ4v) is 8.45. The van der Waals surface area contributed by atoms with Crippen LogP contribution in [-0.4, -0.2) is 75.9 Å². The number of nitrogens with one attached hydrogen (secondary N) is 2. The van der Waals surface area contributed by atoms with E-state index in [1.165, 1.54) is 10.7 Å². The molecule has 6 heterocycles. The molecular weight excluding hydrogens is 765 g/mol. The summed E-state index contributed by atoms with van der Waals surface area (Å²) in [6.45, 7) is 1.75. The van der Waals surface area contributed by atoms with E-state index >= 15 is 0 Å². The van der Waals surface area contributed by atoms with Crippen molar-refractivity contribution in [3.63, 3.8) is 0 Å². The Morgan fingerprint density at radius 2 is 1.45 bits per heavy atom. The van der Waals surface area contributed by atoms with Crippen molar-refractivity contribution in [2.24, 2.45) is 11.7 Å². The fourth-order valence-electron chi connectivity index (χ4n) is 6.93. The average molecular weight is 799 g/mol. The predicted octanol–water partition coefficient (Wildman–Crippen LogP) is 6.62. The molecular formula is C35H34F4N10O4S2. The van der Waals surface area contributed by atoms with Gasteiger partial charge in [-0.3, -0.25) is 19.7 Å². The molecule has 14 nitrogen and oxygen atoms in total. The highest BCUT2D eigenvalue weighted by Crippen LogP contribution is 2.39. The maximum Gasteiger partial charge on any atom is 0.352 e. The number of hydrogen-bond donors (Lipinski definition) is 3. The van der Waals surface area contributed by atoms with Gasteiger partial charge >= 0.3 is 5.00 Å². The van der Waals surface area contributed by atoms with E-state index in [9.17, 15) is 37.3 Å². The van der Waals surface area contributed by atoms with Crippen LogP contribution in [0.25, 0.3) is 33.5 Å². The Morgan fingerprint density at radius 3 is 2.09 bits per heavy atom. The first-order valence-electron chi connectivity index (χ1n) is 17.3. The van der Waals surface area contributed by atoms with E-state index in [1.54, 1.807) is 47.4 Å². The van der Waals surface area contributed by atoms with Gasteiger partial charge in [-0.2, -0.15) is 10.2 Å². The van der Waals surface area contributed by atoms with Gasteiger partial charge < -0.3 is 16.4 Å². The first-order valence-corrected chi connectivity index (χ1v) is 19.0. The summed E-state index contributed by atoms with van der Waals surface area (Å²) in [6.07, 6.45) is 7.80. The monoisotopic (exact) mass is 798 g/mol. The zero-order valence-electron chi connectivity index (χ0n) is 29.1. The number of alkyl halides is 4. The molecule has 0 saturated heterocycles. The summed E-state index contributed by atoms with van der Waals surface area (Å²) in [7, 11) is 0. The number of thiazole rings is 2. The number of aromatic nitrogens is 6. The number of nitrogens with zero attached hydrogens (tertiary/aromatic N) is 7. The third-order valence-corrected chi connectivity index (χ3v) is 11.6. The molecule has 2 aliphatic rings. The van der Waals surface area contributed by atoms with E-state index < -0.39 is 46.7 Å². The number of carbonyl (C=O) groups excluding carboxylic acids is 2. The van der Waals surface area contributed by atoms with Crippen LogP contribution in [0.5, 0.6) is 0 Å². The molecule has 2 fully saturated rings. The number of pyridine rings is 2. The van der Waals surface area contributed by atoms with Crippen molar-refractivity contribution in [1.82, 2.24) is 39.8 Å². The summed E-state index contributed by atoms with van der Waals surface area (Å²) in [4.78, 5) is 44.3. The second-order valence-electron chi connectivity index (χ2n) is 13.5. The number of hydrogen-bond acceptors (Lipinski definition) is 11. The van der Waals surface area contributed by atoms with Crippen LogP contribution in [0.1, 0.15) is 65.1 Å². The van der Waals surface area contributed by atoms with E-state index in [0.29, 0.717) is 47.4 Å². The van der Waals surface area contributed by atoms with E-state index in [-0.39, 0.29) is 45.9 Å². The molecule has 0 radical (unpaired) electrons. The highest BCUT2D eigenvalue weighted by molar-refractivity contribution is 7.17. The highest BCUT2D eigenvalue weighted by atomic mass is 32.1. The minimum Gasteiger partial charge on any atom is -0.341 e. The van der Waals surface area contributed by atoms with Gasteiger partial charge in [0.2, 0.25) is 0 Å². The summed E-state index contributed by atoms with van der Waals surface area (Å²) in [5.74, 6) is -7.75. The van der Waals surface area contributed by atoms with Crippen molar-refractivity contribution in [3.05, 3.63) is 86.7 Å². The smallest absolute Gasteiger partial charge is 0.341 e. The van der Waals surface area contributed by atoms with Crippen LogP contribution in [0.3, 0.4) is 0 Å². The number of nitro groups is 1. The molecule has 2 amide bonds. The number of halogens is 4. The largest absolute Gasteiger partial charge is 0.352 e. The van der Waals surface area contributed by atoms with Crippen molar-refractivity contribution in [3.8, 4) is 22.5 Å². The first-order chi connectivity index (χ1) is 26.2. The van der Waals surface area contributed by atoms with Gasteiger partial charge in [0.05, 0.1) is 45.6 Å². The molecule has 55 heavy (non-hydrogen) atoms. The van der Waals surface area contributed by atoms with Gasteiger partial charge in [-0.15, -0.1) is 11.3 Å². The second kappa shape index (κ2) is 15.1. The van der Waals surface area contributed by atoms with Gasteiger partial charge in [-0.05, 0) is 67.2 Å². The molecule has 4 atom stereocenters. The second-order valence-corrected chi connectivity index (χ2v) is 15.3. The Bertz CT molecular complexity index is 2380. The quantitative estimate of drug-likeness (QED) is 0.0906. The summed E-state index contributed by atoms with van der Waals surface area (Å²) < 4.78 is 59.9. The van der Waals surface area contributed by atoms with Crippen molar-refractivity contribution in [2.75, 3.05) is 0 Å². The Kier molecular flexibility index (Phi) is 10.4. The third kappa shape index (κ3) is 7.65. The SMILES string of the molecule is C[C@@H]1CCCC(F)(F)[C@@H]1NC(=O)c1nc(-c2cnn3ccccc23)cs1.N[C@@H]1CCCC(F)(F)[C@@H]1NC(=O)c1nc(-c2cnn3ccccc23)c([N+](=O)[O-])s1. The standard InChI is InChI=1S/C18H18F2N4OS.C17H16F2N6O3S/c1-11-5-4-7-18(19,20)15(11)23-16(25)17-22-13(10-26-17)12-9-21-24-8-3-2-6-14(12)24;18-17(19)6-3-4-10(20)13(17)23-14(26)15-22-12(16(29-15)25(27)28)9-8-21-24-7-2-1-5-11(9)24/h2-3,6,8-11,15H,4-5,7H2,1H3,(H,23,25);1-2,5,7-8,10,13H,3-4,6,20H2,(H,23,26)/t11-,15-;10-,13-/m11/s1. The van der Waals surface area contributed by atoms with Crippen LogP contribution >= 0.6 is 22.7 Å². The van der Waals surface area contributed by atoms with Crippen molar-refractivity contribution < 1.29 is 32.1 Å². The molecule has 0 aliphatic heterocycles. The summed E-state index contributed by atoms with van der Waals surface area (Å²) in [5, 5.41) is 25.9. The van der Waals surface area contributed by atoms with Gasteiger partial charge in [-0.25, -0.2) is 36.6 Å². The Hall–Kier alpha value is -5.34. The number of amides is 2. The molecule has 0 spiro atoms. The lowest BCUT2D eigenvalue weighted by Gasteiger charge is -2.36. The molecule has 288 valence electrons. The maximum atomic E-state index is 14.2. The number of nitrogens with two attached hydrogens (primary N) is 1. The van der Waals surface area contributed by atoms with Crippen molar-refractivity contribution in [2.45, 2.75) is 75.4 Å². The molecule has 8 rings (SSSR count). The maximum absolute atomic E-state index is 14.2. The van der Waals surface area contributed by atoms with Gasteiger partial charge in [-0.1, -0.05) is 19.1 Å². The van der Waals surface area contributed by atoms with Crippen LogP contribution in [0, 0.1) is 16.0 Å². The number of fused-ring (bicyclic) bond motifs is 2. The average Bonchev–Trinajstić information content (AvgIpc) is 3.96. The highest BCUT2D eigenvalue weighted by Gasteiger charge is 2.48. The first kappa shape index (κ1) is 38.0.